The van der Waals surface area contributed by atoms with Crippen LogP contribution in [0.25, 0.3) is 11.1 Å². The van der Waals surface area contributed by atoms with E-state index in [9.17, 15) is 18.3 Å². The average Bonchev–Trinajstić information content (AvgIpc) is 2.28. The zero-order valence-electron chi connectivity index (χ0n) is 8.57. The molecule has 0 atom stereocenters. The molecule has 1 aromatic carbocycles. The fourth-order valence-corrected chi connectivity index (χ4v) is 1.58. The van der Waals surface area contributed by atoms with E-state index >= 15 is 0 Å². The zero-order chi connectivity index (χ0) is 12.5. The molecular weight excluding hydrogens is 231 g/mol. The van der Waals surface area contributed by atoms with Gasteiger partial charge in [0.25, 0.3) is 0 Å². The van der Waals surface area contributed by atoms with Crippen molar-refractivity contribution >= 4 is 0 Å². The lowest BCUT2D eigenvalue weighted by molar-refractivity contribution is -0.138. The first-order valence-corrected chi connectivity index (χ1v) is 4.79. The molecule has 1 N–H and O–H groups in total. The molecule has 0 aliphatic carbocycles. The van der Waals surface area contributed by atoms with Crippen LogP contribution in [-0.2, 0) is 6.18 Å². The number of rotatable bonds is 1. The third-order valence-electron chi connectivity index (χ3n) is 2.29. The van der Waals surface area contributed by atoms with Crippen molar-refractivity contribution in [3.05, 3.63) is 48.3 Å². The summed E-state index contributed by atoms with van der Waals surface area (Å²) in [7, 11) is 0. The van der Waals surface area contributed by atoms with Gasteiger partial charge in [-0.25, -0.2) is 0 Å². The minimum Gasteiger partial charge on any atom is -0.506 e. The first kappa shape index (κ1) is 11.4. The maximum absolute atomic E-state index is 12.8. The highest BCUT2D eigenvalue weighted by atomic mass is 19.4. The topological polar surface area (TPSA) is 33.1 Å². The van der Waals surface area contributed by atoms with Crippen molar-refractivity contribution in [2.45, 2.75) is 6.18 Å². The Bertz CT molecular complexity index is 523. The number of benzene rings is 1. The minimum absolute atomic E-state index is 0.127. The lowest BCUT2D eigenvalue weighted by Crippen LogP contribution is -2.08. The highest BCUT2D eigenvalue weighted by molar-refractivity contribution is 5.69. The Morgan fingerprint density at radius 2 is 1.65 bits per heavy atom. The number of hydrogen-bond donors (Lipinski definition) is 1. The molecule has 0 aliphatic rings. The Labute approximate surface area is 95.4 Å². The Balaban J connectivity index is 2.67. The van der Waals surface area contributed by atoms with Gasteiger partial charge in [0, 0.05) is 11.8 Å². The summed E-state index contributed by atoms with van der Waals surface area (Å²) >= 11 is 0. The summed E-state index contributed by atoms with van der Waals surface area (Å²) in [5.74, 6) is -0.862. The van der Waals surface area contributed by atoms with Gasteiger partial charge in [-0.05, 0) is 5.56 Å². The fourth-order valence-electron chi connectivity index (χ4n) is 1.58. The van der Waals surface area contributed by atoms with E-state index in [1.54, 1.807) is 18.2 Å². The monoisotopic (exact) mass is 239 g/mol. The molecule has 0 saturated heterocycles. The van der Waals surface area contributed by atoms with Crippen LogP contribution in [0.5, 0.6) is 5.75 Å². The van der Waals surface area contributed by atoms with Crippen molar-refractivity contribution in [2.24, 2.45) is 0 Å². The maximum Gasteiger partial charge on any atom is 0.420 e. The van der Waals surface area contributed by atoms with E-state index in [2.05, 4.69) is 4.98 Å². The van der Waals surface area contributed by atoms with Crippen molar-refractivity contribution in [1.82, 2.24) is 4.98 Å². The van der Waals surface area contributed by atoms with E-state index in [1.165, 1.54) is 12.1 Å². The number of nitrogens with zero attached hydrogens (tertiary/aromatic N) is 1. The van der Waals surface area contributed by atoms with Crippen molar-refractivity contribution in [3.8, 4) is 16.9 Å². The summed E-state index contributed by atoms with van der Waals surface area (Å²) in [6.07, 6.45) is -2.73. The molecule has 2 rings (SSSR count). The molecule has 0 radical (unpaired) electrons. The Morgan fingerprint density at radius 3 is 2.24 bits per heavy atom. The fraction of sp³-hybridized carbons (Fsp3) is 0.0833. The van der Waals surface area contributed by atoms with Gasteiger partial charge in [-0.1, -0.05) is 30.3 Å². The third-order valence-corrected chi connectivity index (χ3v) is 2.29. The largest absolute Gasteiger partial charge is 0.506 e. The number of halogens is 3. The quantitative estimate of drug-likeness (QED) is 0.826. The molecule has 0 aliphatic heterocycles. The SMILES string of the molecule is Oc1cncc(-c2ccccc2)c1C(F)(F)F. The Morgan fingerprint density at radius 1 is 1.00 bits per heavy atom. The second kappa shape index (κ2) is 4.08. The third kappa shape index (κ3) is 2.22. The molecule has 2 nitrogen and oxygen atoms in total. The van der Waals surface area contributed by atoms with Gasteiger partial charge in [0.1, 0.15) is 11.3 Å². The summed E-state index contributed by atoms with van der Waals surface area (Å²) in [5.41, 5.74) is -0.819. The van der Waals surface area contributed by atoms with Gasteiger partial charge in [-0.2, -0.15) is 13.2 Å². The second-order valence-corrected chi connectivity index (χ2v) is 3.44. The number of hydrogen-bond acceptors (Lipinski definition) is 2. The van der Waals surface area contributed by atoms with E-state index < -0.39 is 17.5 Å². The van der Waals surface area contributed by atoms with Crippen LogP contribution >= 0.6 is 0 Å². The first-order chi connectivity index (χ1) is 8.00. The zero-order valence-corrected chi connectivity index (χ0v) is 8.57. The molecule has 0 bridgehead atoms. The van der Waals surface area contributed by atoms with Crippen LogP contribution in [0.15, 0.2) is 42.7 Å². The van der Waals surface area contributed by atoms with Gasteiger partial charge in [-0.15, -0.1) is 0 Å². The first-order valence-electron chi connectivity index (χ1n) is 4.79. The maximum atomic E-state index is 12.8. The summed E-state index contributed by atoms with van der Waals surface area (Å²) < 4.78 is 38.4. The van der Waals surface area contributed by atoms with Crippen molar-refractivity contribution in [2.75, 3.05) is 0 Å². The standard InChI is InChI=1S/C12H8F3NO/c13-12(14,15)11-9(6-16-7-10(11)17)8-4-2-1-3-5-8/h1-7,17H. The average molecular weight is 239 g/mol. The molecule has 0 fully saturated rings. The predicted octanol–water partition coefficient (Wildman–Crippen LogP) is 3.47. The molecule has 2 aromatic rings. The van der Waals surface area contributed by atoms with Crippen LogP contribution in [0.4, 0.5) is 13.2 Å². The number of aromatic nitrogens is 1. The summed E-state index contributed by atoms with van der Waals surface area (Å²) in [6, 6.07) is 8.02. The second-order valence-electron chi connectivity index (χ2n) is 3.44. The molecule has 0 unspecified atom stereocenters. The predicted molar refractivity (Wildman–Crippen MR) is 56.3 cm³/mol. The van der Waals surface area contributed by atoms with Crippen LogP contribution in [0.2, 0.25) is 0 Å². The summed E-state index contributed by atoms with van der Waals surface area (Å²) in [4.78, 5) is 3.58. The normalized spacial score (nSPS) is 11.5. The van der Waals surface area contributed by atoms with E-state index in [0.29, 0.717) is 5.56 Å². The molecule has 1 heterocycles. The molecule has 17 heavy (non-hydrogen) atoms. The van der Waals surface area contributed by atoms with E-state index in [1.807, 2.05) is 0 Å². The minimum atomic E-state index is -4.61. The molecule has 1 aromatic heterocycles. The molecule has 0 saturated carbocycles. The molecule has 5 heteroatoms. The van der Waals surface area contributed by atoms with Gasteiger partial charge in [-0.3, -0.25) is 4.98 Å². The van der Waals surface area contributed by atoms with E-state index in [0.717, 1.165) is 12.4 Å². The van der Waals surface area contributed by atoms with E-state index in [-0.39, 0.29) is 5.56 Å². The summed E-state index contributed by atoms with van der Waals surface area (Å²) in [5, 5.41) is 9.31. The highest BCUT2D eigenvalue weighted by Gasteiger charge is 2.37. The number of pyridine rings is 1. The van der Waals surface area contributed by atoms with Crippen LogP contribution < -0.4 is 0 Å². The van der Waals surface area contributed by atoms with E-state index in [4.69, 9.17) is 0 Å². The van der Waals surface area contributed by atoms with Gasteiger partial charge in [0.05, 0.1) is 6.20 Å². The molecular formula is C12H8F3NO. The lowest BCUT2D eigenvalue weighted by Gasteiger charge is -2.13. The van der Waals surface area contributed by atoms with Crippen LogP contribution in [0.3, 0.4) is 0 Å². The lowest BCUT2D eigenvalue weighted by atomic mass is 10.0. The number of aromatic hydroxyl groups is 1. The smallest absolute Gasteiger partial charge is 0.420 e. The van der Waals surface area contributed by atoms with Crippen molar-refractivity contribution in [3.63, 3.8) is 0 Å². The van der Waals surface area contributed by atoms with Crippen LogP contribution in [0.1, 0.15) is 5.56 Å². The van der Waals surface area contributed by atoms with Gasteiger partial charge in [0.15, 0.2) is 0 Å². The Hall–Kier alpha value is -2.04. The van der Waals surface area contributed by atoms with Crippen molar-refractivity contribution in [1.29, 1.82) is 0 Å². The highest BCUT2D eigenvalue weighted by Crippen LogP contribution is 2.41. The summed E-state index contributed by atoms with van der Waals surface area (Å²) in [6.45, 7) is 0. The molecule has 0 amide bonds. The molecule has 88 valence electrons. The number of alkyl halides is 3. The van der Waals surface area contributed by atoms with Crippen LogP contribution in [-0.4, -0.2) is 10.1 Å². The van der Waals surface area contributed by atoms with Gasteiger partial charge >= 0.3 is 6.18 Å². The van der Waals surface area contributed by atoms with Crippen LogP contribution in [0, 0.1) is 0 Å². The van der Waals surface area contributed by atoms with Gasteiger partial charge in [0.2, 0.25) is 0 Å². The molecule has 0 spiro atoms. The van der Waals surface area contributed by atoms with Crippen molar-refractivity contribution < 1.29 is 18.3 Å². The van der Waals surface area contributed by atoms with Gasteiger partial charge < -0.3 is 5.11 Å². The Kier molecular flexibility index (Phi) is 2.75.